The quantitative estimate of drug-likeness (QED) is 0.759. The zero-order valence-electron chi connectivity index (χ0n) is 9.95. The average molecular weight is 258 g/mol. The molecule has 0 aromatic heterocycles. The van der Waals surface area contributed by atoms with E-state index in [1.54, 1.807) is 6.07 Å². The smallest absolute Gasteiger partial charge is 0.387 e. The van der Waals surface area contributed by atoms with E-state index in [-0.39, 0.29) is 5.92 Å². The molecule has 1 aliphatic carbocycles. The molecule has 94 valence electrons. The van der Waals surface area contributed by atoms with Crippen LogP contribution in [0.5, 0.6) is 5.75 Å². The van der Waals surface area contributed by atoms with Gasteiger partial charge in [0.2, 0.25) is 0 Å². The Morgan fingerprint density at radius 1 is 1.29 bits per heavy atom. The van der Waals surface area contributed by atoms with Crippen LogP contribution in [0.25, 0.3) is 0 Å². The summed E-state index contributed by atoms with van der Waals surface area (Å²) in [4.78, 5) is 1.15. The Hall–Kier alpha value is -0.770. The Bertz CT molecular complexity index is 389. The van der Waals surface area contributed by atoms with Gasteiger partial charge in [-0.3, -0.25) is 0 Å². The van der Waals surface area contributed by atoms with Crippen molar-refractivity contribution in [1.29, 1.82) is 0 Å². The molecule has 0 amide bonds. The lowest BCUT2D eigenvalue weighted by Gasteiger charge is -2.14. The summed E-state index contributed by atoms with van der Waals surface area (Å²) in [6.45, 7) is 1.22. The number of rotatable bonds is 5. The standard InChI is InChI=1S/C13H16F2OS/c1-8(2)11-7-10(17-9-3-4-9)5-6-12(11)16-13(14)15/h5-9,13H,3-4H2,1-2H3. The van der Waals surface area contributed by atoms with E-state index in [9.17, 15) is 8.78 Å². The number of ether oxygens (including phenoxy) is 1. The molecule has 1 aliphatic rings. The molecule has 0 spiro atoms. The number of benzene rings is 1. The SMILES string of the molecule is CC(C)c1cc(SC2CC2)ccc1OC(F)F. The first-order valence-electron chi connectivity index (χ1n) is 5.81. The van der Waals surface area contributed by atoms with Gasteiger partial charge in [-0.15, -0.1) is 11.8 Å². The third-order valence-corrected chi connectivity index (χ3v) is 3.98. The minimum atomic E-state index is -2.76. The van der Waals surface area contributed by atoms with Gasteiger partial charge in [-0.05, 0) is 42.5 Å². The van der Waals surface area contributed by atoms with Crippen LogP contribution in [-0.4, -0.2) is 11.9 Å². The Kier molecular flexibility index (Phi) is 3.92. The topological polar surface area (TPSA) is 9.23 Å². The van der Waals surface area contributed by atoms with Crippen LogP contribution in [0.4, 0.5) is 8.78 Å². The molecule has 0 atom stereocenters. The molecule has 0 radical (unpaired) electrons. The number of alkyl halides is 2. The Morgan fingerprint density at radius 3 is 2.53 bits per heavy atom. The van der Waals surface area contributed by atoms with Crippen LogP contribution in [0.1, 0.15) is 38.2 Å². The van der Waals surface area contributed by atoms with Gasteiger partial charge in [0.15, 0.2) is 0 Å². The van der Waals surface area contributed by atoms with Gasteiger partial charge in [-0.2, -0.15) is 8.78 Å². The summed E-state index contributed by atoms with van der Waals surface area (Å²) in [6.07, 6.45) is 2.52. The van der Waals surface area contributed by atoms with Crippen LogP contribution in [0.3, 0.4) is 0 Å². The van der Waals surface area contributed by atoms with Crippen LogP contribution in [-0.2, 0) is 0 Å². The van der Waals surface area contributed by atoms with Gasteiger partial charge in [0.1, 0.15) is 5.75 Å². The first-order chi connectivity index (χ1) is 8.06. The molecule has 1 nitrogen and oxygen atoms in total. The fourth-order valence-electron chi connectivity index (χ4n) is 1.63. The Labute approximate surface area is 105 Å². The minimum Gasteiger partial charge on any atom is -0.435 e. The maximum Gasteiger partial charge on any atom is 0.387 e. The summed E-state index contributed by atoms with van der Waals surface area (Å²) >= 11 is 1.83. The molecule has 0 heterocycles. The van der Waals surface area contributed by atoms with Crippen molar-refractivity contribution in [2.45, 2.75) is 49.4 Å². The average Bonchev–Trinajstić information content (AvgIpc) is 3.03. The predicted molar refractivity (Wildman–Crippen MR) is 66.0 cm³/mol. The first-order valence-corrected chi connectivity index (χ1v) is 6.69. The molecule has 0 N–H and O–H groups in total. The van der Waals surface area contributed by atoms with Gasteiger partial charge in [-0.1, -0.05) is 13.8 Å². The molecule has 1 aromatic carbocycles. The molecule has 0 saturated heterocycles. The summed E-state index contributed by atoms with van der Waals surface area (Å²) < 4.78 is 29.1. The lowest BCUT2D eigenvalue weighted by Crippen LogP contribution is -2.05. The molecule has 0 aliphatic heterocycles. The van der Waals surface area contributed by atoms with Gasteiger partial charge < -0.3 is 4.74 Å². The highest BCUT2D eigenvalue weighted by Gasteiger charge is 2.23. The highest BCUT2D eigenvalue weighted by molar-refractivity contribution is 8.00. The van der Waals surface area contributed by atoms with E-state index in [4.69, 9.17) is 0 Å². The van der Waals surface area contributed by atoms with Crippen molar-refractivity contribution in [3.8, 4) is 5.75 Å². The molecule has 1 aromatic rings. The van der Waals surface area contributed by atoms with Crippen LogP contribution in [0.2, 0.25) is 0 Å². The van der Waals surface area contributed by atoms with Gasteiger partial charge in [-0.25, -0.2) is 0 Å². The predicted octanol–water partition coefficient (Wildman–Crippen LogP) is 4.67. The normalized spacial score (nSPS) is 15.6. The van der Waals surface area contributed by atoms with Crippen molar-refractivity contribution in [2.24, 2.45) is 0 Å². The first kappa shape index (κ1) is 12.7. The monoisotopic (exact) mass is 258 g/mol. The summed E-state index contributed by atoms with van der Waals surface area (Å²) in [5, 5.41) is 0.719. The Balaban J connectivity index is 2.19. The number of hydrogen-bond acceptors (Lipinski definition) is 2. The Morgan fingerprint density at radius 2 is 2.00 bits per heavy atom. The van der Waals surface area contributed by atoms with Crippen LogP contribution < -0.4 is 4.74 Å². The van der Waals surface area contributed by atoms with Crippen molar-refractivity contribution < 1.29 is 13.5 Å². The van der Waals surface area contributed by atoms with E-state index in [0.717, 1.165) is 15.7 Å². The second-order valence-corrected chi connectivity index (χ2v) is 5.92. The summed E-state index contributed by atoms with van der Waals surface area (Å²) in [6, 6.07) is 5.50. The van der Waals surface area contributed by atoms with Crippen molar-refractivity contribution in [1.82, 2.24) is 0 Å². The molecule has 1 saturated carbocycles. The lowest BCUT2D eigenvalue weighted by atomic mass is 10.0. The van der Waals surface area contributed by atoms with E-state index in [1.807, 2.05) is 37.7 Å². The second kappa shape index (κ2) is 5.25. The zero-order valence-corrected chi connectivity index (χ0v) is 10.8. The highest BCUT2D eigenvalue weighted by Crippen LogP contribution is 2.41. The van der Waals surface area contributed by atoms with E-state index in [0.29, 0.717) is 5.75 Å². The zero-order chi connectivity index (χ0) is 12.4. The molecular weight excluding hydrogens is 242 g/mol. The summed E-state index contributed by atoms with van der Waals surface area (Å²) in [5.41, 5.74) is 0.857. The lowest BCUT2D eigenvalue weighted by molar-refractivity contribution is -0.0505. The second-order valence-electron chi connectivity index (χ2n) is 4.55. The minimum absolute atomic E-state index is 0.184. The van der Waals surface area contributed by atoms with Crippen LogP contribution in [0, 0.1) is 0 Å². The maximum absolute atomic E-state index is 12.3. The third kappa shape index (κ3) is 3.60. The van der Waals surface area contributed by atoms with Crippen LogP contribution in [0.15, 0.2) is 23.1 Å². The van der Waals surface area contributed by atoms with Gasteiger partial charge in [0.25, 0.3) is 0 Å². The van der Waals surface area contributed by atoms with Crippen LogP contribution >= 0.6 is 11.8 Å². The maximum atomic E-state index is 12.3. The fraction of sp³-hybridized carbons (Fsp3) is 0.538. The molecular formula is C13H16F2OS. The molecule has 2 rings (SSSR count). The summed E-state index contributed by atoms with van der Waals surface area (Å²) in [5.74, 6) is 0.485. The molecule has 4 heteroatoms. The van der Waals surface area contributed by atoms with Gasteiger partial charge in [0, 0.05) is 10.1 Å². The van der Waals surface area contributed by atoms with Gasteiger partial charge >= 0.3 is 6.61 Å². The number of halogens is 2. The van der Waals surface area contributed by atoms with Crippen molar-refractivity contribution >= 4 is 11.8 Å². The molecule has 0 unspecified atom stereocenters. The molecule has 1 fully saturated rings. The molecule has 0 bridgehead atoms. The van der Waals surface area contributed by atoms with E-state index in [2.05, 4.69) is 4.74 Å². The number of hydrogen-bond donors (Lipinski definition) is 0. The third-order valence-electron chi connectivity index (χ3n) is 2.65. The van der Waals surface area contributed by atoms with Crippen molar-refractivity contribution in [3.63, 3.8) is 0 Å². The van der Waals surface area contributed by atoms with Crippen molar-refractivity contribution in [3.05, 3.63) is 23.8 Å². The summed E-state index contributed by atoms with van der Waals surface area (Å²) in [7, 11) is 0. The van der Waals surface area contributed by atoms with E-state index < -0.39 is 6.61 Å². The highest BCUT2D eigenvalue weighted by atomic mass is 32.2. The van der Waals surface area contributed by atoms with E-state index >= 15 is 0 Å². The fourth-order valence-corrected chi connectivity index (χ4v) is 2.73. The van der Waals surface area contributed by atoms with E-state index in [1.165, 1.54) is 12.8 Å². The van der Waals surface area contributed by atoms with Gasteiger partial charge in [0.05, 0.1) is 0 Å². The van der Waals surface area contributed by atoms with Crippen molar-refractivity contribution in [2.75, 3.05) is 0 Å². The number of thioether (sulfide) groups is 1. The largest absolute Gasteiger partial charge is 0.435 e. The molecule has 17 heavy (non-hydrogen) atoms.